The van der Waals surface area contributed by atoms with Gasteiger partial charge >= 0.3 is 0 Å². The van der Waals surface area contributed by atoms with E-state index in [-0.39, 0.29) is 6.04 Å². The monoisotopic (exact) mass is 289 g/mol. The molecule has 0 spiro atoms. The first kappa shape index (κ1) is 13.9. The van der Waals surface area contributed by atoms with Gasteiger partial charge in [-0.2, -0.15) is 0 Å². The molecule has 2 aromatic heterocycles. The molecule has 1 atom stereocenters. The molecule has 20 heavy (non-hydrogen) atoms. The Labute approximate surface area is 125 Å². The van der Waals surface area contributed by atoms with Crippen molar-refractivity contribution in [2.45, 2.75) is 52.0 Å². The molecule has 1 unspecified atom stereocenters. The summed E-state index contributed by atoms with van der Waals surface area (Å²) in [5, 5.41) is 3.64. The van der Waals surface area contributed by atoms with Gasteiger partial charge in [-0.1, -0.05) is 6.92 Å². The molecule has 3 rings (SSSR count). The Kier molecular flexibility index (Phi) is 4.27. The van der Waals surface area contributed by atoms with Gasteiger partial charge in [0, 0.05) is 9.75 Å². The summed E-state index contributed by atoms with van der Waals surface area (Å²) in [7, 11) is 0. The Morgan fingerprint density at radius 1 is 1.30 bits per heavy atom. The van der Waals surface area contributed by atoms with Crippen molar-refractivity contribution in [3.63, 3.8) is 0 Å². The maximum Gasteiger partial charge on any atom is 0.126 e. The van der Waals surface area contributed by atoms with Crippen LogP contribution in [0.15, 0.2) is 22.6 Å². The van der Waals surface area contributed by atoms with Crippen molar-refractivity contribution < 1.29 is 4.42 Å². The molecule has 0 bridgehead atoms. The van der Waals surface area contributed by atoms with E-state index in [4.69, 9.17) is 4.42 Å². The summed E-state index contributed by atoms with van der Waals surface area (Å²) >= 11 is 1.98. The molecule has 0 saturated heterocycles. The van der Waals surface area contributed by atoms with E-state index in [1.54, 1.807) is 10.4 Å². The van der Waals surface area contributed by atoms with Crippen LogP contribution in [0.25, 0.3) is 0 Å². The number of hydrogen-bond acceptors (Lipinski definition) is 3. The van der Waals surface area contributed by atoms with Crippen LogP contribution in [0.1, 0.15) is 59.1 Å². The minimum Gasteiger partial charge on any atom is -0.464 e. The lowest BCUT2D eigenvalue weighted by Crippen LogP contribution is -2.21. The summed E-state index contributed by atoms with van der Waals surface area (Å²) in [6.45, 7) is 5.24. The topological polar surface area (TPSA) is 25.2 Å². The fraction of sp³-hybridized carbons (Fsp3) is 0.529. The first-order valence-electron chi connectivity index (χ1n) is 7.69. The molecule has 1 aliphatic rings. The molecule has 3 heteroatoms. The molecule has 2 nitrogen and oxygen atoms in total. The Bertz CT molecular complexity index is 546. The average Bonchev–Trinajstić information content (AvgIpc) is 3.05. The van der Waals surface area contributed by atoms with Crippen LogP contribution in [0.3, 0.4) is 0 Å². The maximum atomic E-state index is 5.87. The Balaban J connectivity index is 1.90. The Hall–Kier alpha value is -1.06. The lowest BCUT2D eigenvalue weighted by atomic mass is 9.98. The van der Waals surface area contributed by atoms with E-state index < -0.39 is 0 Å². The molecule has 0 saturated carbocycles. The van der Waals surface area contributed by atoms with E-state index in [2.05, 4.69) is 30.4 Å². The van der Waals surface area contributed by atoms with Gasteiger partial charge in [0.2, 0.25) is 0 Å². The first-order valence-corrected chi connectivity index (χ1v) is 8.50. The minimum atomic E-state index is 0.222. The predicted octanol–water partition coefficient (Wildman–Crippen LogP) is 4.62. The van der Waals surface area contributed by atoms with Gasteiger partial charge in [0.15, 0.2) is 0 Å². The van der Waals surface area contributed by atoms with E-state index in [1.807, 2.05) is 18.3 Å². The fourth-order valence-corrected chi connectivity index (χ4v) is 4.24. The van der Waals surface area contributed by atoms with E-state index in [9.17, 15) is 0 Å². The predicted molar refractivity (Wildman–Crippen MR) is 84.5 cm³/mol. The summed E-state index contributed by atoms with van der Waals surface area (Å²) in [4.78, 5) is 3.01. The van der Waals surface area contributed by atoms with Gasteiger partial charge in [-0.3, -0.25) is 0 Å². The highest BCUT2D eigenvalue weighted by molar-refractivity contribution is 7.12. The highest BCUT2D eigenvalue weighted by Crippen LogP contribution is 2.35. The molecule has 1 N–H and O–H groups in total. The number of rotatable bonds is 5. The third-order valence-corrected chi connectivity index (χ3v) is 5.25. The maximum absolute atomic E-state index is 5.87. The van der Waals surface area contributed by atoms with Crippen LogP contribution in [0, 0.1) is 6.92 Å². The highest BCUT2D eigenvalue weighted by Gasteiger charge is 2.22. The van der Waals surface area contributed by atoms with E-state index in [0.717, 1.165) is 24.5 Å². The summed E-state index contributed by atoms with van der Waals surface area (Å²) < 4.78 is 5.87. The molecule has 0 aromatic carbocycles. The molecule has 0 amide bonds. The van der Waals surface area contributed by atoms with Crippen LogP contribution in [-0.4, -0.2) is 6.54 Å². The van der Waals surface area contributed by atoms with Crippen LogP contribution in [0.5, 0.6) is 0 Å². The van der Waals surface area contributed by atoms with Gasteiger partial charge in [0.1, 0.15) is 17.6 Å². The van der Waals surface area contributed by atoms with Gasteiger partial charge in [0.05, 0.1) is 0 Å². The molecule has 0 aliphatic heterocycles. The van der Waals surface area contributed by atoms with Crippen molar-refractivity contribution in [2.75, 3.05) is 6.54 Å². The zero-order valence-corrected chi connectivity index (χ0v) is 13.2. The third-order valence-electron chi connectivity index (χ3n) is 3.94. The van der Waals surface area contributed by atoms with Gasteiger partial charge in [-0.15, -0.1) is 11.3 Å². The smallest absolute Gasteiger partial charge is 0.126 e. The van der Waals surface area contributed by atoms with E-state index >= 15 is 0 Å². The number of thiophene rings is 1. The molecular weight excluding hydrogens is 266 g/mol. The van der Waals surface area contributed by atoms with E-state index in [0.29, 0.717) is 0 Å². The van der Waals surface area contributed by atoms with Crippen molar-refractivity contribution >= 4 is 11.3 Å². The van der Waals surface area contributed by atoms with Crippen molar-refractivity contribution in [3.8, 4) is 0 Å². The lowest BCUT2D eigenvalue weighted by molar-refractivity contribution is 0.433. The normalized spacial score (nSPS) is 16.1. The van der Waals surface area contributed by atoms with Crippen LogP contribution in [-0.2, 0) is 12.8 Å². The molecule has 0 fully saturated rings. The Morgan fingerprint density at radius 3 is 2.85 bits per heavy atom. The zero-order valence-electron chi connectivity index (χ0n) is 12.4. The Morgan fingerprint density at radius 2 is 2.15 bits per heavy atom. The highest BCUT2D eigenvalue weighted by atomic mass is 32.1. The summed E-state index contributed by atoms with van der Waals surface area (Å²) in [5.74, 6) is 2.04. The second-order valence-corrected chi connectivity index (χ2v) is 6.81. The number of nitrogens with one attached hydrogen (secondary N) is 1. The van der Waals surface area contributed by atoms with Crippen LogP contribution >= 0.6 is 11.3 Å². The zero-order chi connectivity index (χ0) is 13.9. The molecule has 1 aliphatic carbocycles. The second kappa shape index (κ2) is 6.15. The standard InChI is InChI=1S/C17H23NOS/c1-3-10-18-17(14-9-8-12(2)19-14)16-11-13-6-4-5-7-15(13)20-16/h8-9,11,17-18H,3-7,10H2,1-2H3. The summed E-state index contributed by atoms with van der Waals surface area (Å²) in [6, 6.07) is 6.80. The van der Waals surface area contributed by atoms with Crippen LogP contribution in [0.2, 0.25) is 0 Å². The van der Waals surface area contributed by atoms with Crippen molar-refractivity contribution in [1.82, 2.24) is 5.32 Å². The fourth-order valence-electron chi connectivity index (χ4n) is 2.89. The number of hydrogen-bond donors (Lipinski definition) is 1. The van der Waals surface area contributed by atoms with Gasteiger partial charge in [-0.25, -0.2) is 0 Å². The van der Waals surface area contributed by atoms with Gasteiger partial charge in [0.25, 0.3) is 0 Å². The molecular formula is C17H23NOS. The van der Waals surface area contributed by atoms with Gasteiger partial charge in [-0.05, 0) is 69.3 Å². The quantitative estimate of drug-likeness (QED) is 0.869. The van der Waals surface area contributed by atoms with E-state index in [1.165, 1.54) is 30.6 Å². The number of furan rings is 1. The molecule has 0 radical (unpaired) electrons. The van der Waals surface area contributed by atoms with Crippen molar-refractivity contribution in [1.29, 1.82) is 0 Å². The average molecular weight is 289 g/mol. The van der Waals surface area contributed by atoms with Crippen molar-refractivity contribution in [2.24, 2.45) is 0 Å². The summed E-state index contributed by atoms with van der Waals surface area (Å²) in [5.41, 5.74) is 1.57. The van der Waals surface area contributed by atoms with Crippen LogP contribution in [0.4, 0.5) is 0 Å². The number of fused-ring (bicyclic) bond motifs is 1. The SMILES string of the molecule is CCCNC(c1ccc(C)o1)c1cc2c(s1)CCCC2. The number of aryl methyl sites for hydroxylation is 3. The van der Waals surface area contributed by atoms with Gasteiger partial charge < -0.3 is 9.73 Å². The largest absolute Gasteiger partial charge is 0.464 e. The summed E-state index contributed by atoms with van der Waals surface area (Å²) in [6.07, 6.45) is 6.35. The third kappa shape index (κ3) is 2.84. The lowest BCUT2D eigenvalue weighted by Gasteiger charge is -2.14. The van der Waals surface area contributed by atoms with Crippen LogP contribution < -0.4 is 5.32 Å². The minimum absolute atomic E-state index is 0.222. The molecule has 2 heterocycles. The van der Waals surface area contributed by atoms with Crippen molar-refractivity contribution in [3.05, 3.63) is 45.0 Å². The first-order chi connectivity index (χ1) is 9.78. The molecule has 108 valence electrons. The molecule has 2 aromatic rings. The second-order valence-electron chi connectivity index (χ2n) is 5.64.